The van der Waals surface area contributed by atoms with Gasteiger partial charge in [0.15, 0.2) is 0 Å². The lowest BCUT2D eigenvalue weighted by atomic mass is 9.94. The first-order valence-electron chi connectivity index (χ1n) is 6.27. The fourth-order valence-corrected chi connectivity index (χ4v) is 2.98. The standard InChI is InChI=1S/C16H14BrNO/c1-11(12-6-8-18-9-7-12)16(17)14-10-19-15-5-3-2-4-13(14)15/h2-11,16H,1H3. The van der Waals surface area contributed by atoms with Crippen molar-refractivity contribution in [1.82, 2.24) is 4.98 Å². The lowest BCUT2D eigenvalue weighted by Crippen LogP contribution is -2.01. The van der Waals surface area contributed by atoms with Gasteiger partial charge in [0.2, 0.25) is 0 Å². The van der Waals surface area contributed by atoms with E-state index >= 15 is 0 Å². The molecule has 19 heavy (non-hydrogen) atoms. The highest BCUT2D eigenvalue weighted by atomic mass is 79.9. The van der Waals surface area contributed by atoms with Crippen LogP contribution in [0.4, 0.5) is 0 Å². The number of furan rings is 1. The zero-order chi connectivity index (χ0) is 13.2. The first-order chi connectivity index (χ1) is 9.27. The smallest absolute Gasteiger partial charge is 0.134 e. The number of hydrogen-bond donors (Lipinski definition) is 0. The molecule has 0 saturated heterocycles. The van der Waals surface area contributed by atoms with Crippen LogP contribution >= 0.6 is 15.9 Å². The molecule has 0 spiro atoms. The SMILES string of the molecule is CC(c1ccncc1)C(Br)c1coc2ccccc12. The minimum Gasteiger partial charge on any atom is -0.464 e. The Morgan fingerprint density at radius 3 is 2.63 bits per heavy atom. The monoisotopic (exact) mass is 315 g/mol. The minimum atomic E-state index is 0.221. The highest BCUT2D eigenvalue weighted by molar-refractivity contribution is 9.09. The summed E-state index contributed by atoms with van der Waals surface area (Å²) in [7, 11) is 0. The van der Waals surface area contributed by atoms with Gasteiger partial charge in [-0.25, -0.2) is 0 Å². The van der Waals surface area contributed by atoms with Crippen LogP contribution in [-0.4, -0.2) is 4.98 Å². The van der Waals surface area contributed by atoms with Crippen LogP contribution in [0.15, 0.2) is 59.5 Å². The van der Waals surface area contributed by atoms with Gasteiger partial charge in [-0.05, 0) is 29.7 Å². The van der Waals surface area contributed by atoms with E-state index in [1.807, 2.05) is 36.9 Å². The number of alkyl halides is 1. The van der Waals surface area contributed by atoms with Crippen molar-refractivity contribution in [2.24, 2.45) is 0 Å². The van der Waals surface area contributed by atoms with E-state index in [0.717, 1.165) is 5.58 Å². The second-order valence-electron chi connectivity index (χ2n) is 4.66. The number of benzene rings is 1. The van der Waals surface area contributed by atoms with Crippen LogP contribution in [0.3, 0.4) is 0 Å². The summed E-state index contributed by atoms with van der Waals surface area (Å²) in [6.07, 6.45) is 5.51. The molecule has 2 atom stereocenters. The van der Waals surface area contributed by atoms with Crippen molar-refractivity contribution >= 4 is 26.9 Å². The molecule has 2 unspecified atom stereocenters. The van der Waals surface area contributed by atoms with Gasteiger partial charge in [0.1, 0.15) is 5.58 Å². The normalized spacial score (nSPS) is 14.4. The van der Waals surface area contributed by atoms with Gasteiger partial charge >= 0.3 is 0 Å². The maximum Gasteiger partial charge on any atom is 0.134 e. The summed E-state index contributed by atoms with van der Waals surface area (Å²) < 4.78 is 5.61. The number of aromatic nitrogens is 1. The maximum atomic E-state index is 5.61. The average Bonchev–Trinajstić information content (AvgIpc) is 2.90. The Bertz CT molecular complexity index is 677. The predicted molar refractivity (Wildman–Crippen MR) is 80.5 cm³/mol. The molecule has 3 rings (SSSR count). The molecule has 0 fully saturated rings. The number of halogens is 1. The molecule has 3 aromatic rings. The molecule has 0 amide bonds. The van der Waals surface area contributed by atoms with E-state index in [4.69, 9.17) is 4.42 Å². The molecule has 0 N–H and O–H groups in total. The van der Waals surface area contributed by atoms with E-state index in [9.17, 15) is 0 Å². The molecule has 1 aromatic carbocycles. The van der Waals surface area contributed by atoms with E-state index in [1.165, 1.54) is 16.5 Å². The van der Waals surface area contributed by atoms with Crippen molar-refractivity contribution in [1.29, 1.82) is 0 Å². The molecule has 2 aromatic heterocycles. The summed E-state index contributed by atoms with van der Waals surface area (Å²) in [5.74, 6) is 0.351. The van der Waals surface area contributed by atoms with Gasteiger partial charge in [-0.3, -0.25) is 4.98 Å². The van der Waals surface area contributed by atoms with Gasteiger partial charge in [-0.1, -0.05) is 41.1 Å². The van der Waals surface area contributed by atoms with Crippen molar-refractivity contribution in [3.63, 3.8) is 0 Å². The quantitative estimate of drug-likeness (QED) is 0.631. The first-order valence-corrected chi connectivity index (χ1v) is 7.19. The predicted octanol–water partition coefficient (Wildman–Crippen LogP) is 5.07. The van der Waals surface area contributed by atoms with Crippen LogP contribution in [0.5, 0.6) is 0 Å². The molecule has 0 aliphatic heterocycles. The number of nitrogens with zero attached hydrogens (tertiary/aromatic N) is 1. The van der Waals surface area contributed by atoms with E-state index in [2.05, 4.69) is 46.0 Å². The second kappa shape index (κ2) is 5.17. The van der Waals surface area contributed by atoms with Crippen LogP contribution in [0, 0.1) is 0 Å². The minimum absolute atomic E-state index is 0.221. The molecule has 0 aliphatic carbocycles. The number of para-hydroxylation sites is 1. The van der Waals surface area contributed by atoms with Gasteiger partial charge < -0.3 is 4.42 Å². The Balaban J connectivity index is 1.98. The lowest BCUT2D eigenvalue weighted by Gasteiger charge is -2.17. The molecular formula is C16H14BrNO. The topological polar surface area (TPSA) is 26.0 Å². The molecule has 0 bridgehead atoms. The Morgan fingerprint density at radius 1 is 1.11 bits per heavy atom. The van der Waals surface area contributed by atoms with Crippen LogP contribution in [0.1, 0.15) is 28.8 Å². The molecular weight excluding hydrogens is 302 g/mol. The number of rotatable bonds is 3. The molecule has 0 aliphatic rings. The van der Waals surface area contributed by atoms with Gasteiger partial charge in [0.25, 0.3) is 0 Å². The summed E-state index contributed by atoms with van der Waals surface area (Å²) in [4.78, 5) is 4.29. The summed E-state index contributed by atoms with van der Waals surface area (Å²) >= 11 is 3.81. The molecule has 2 heterocycles. The summed E-state index contributed by atoms with van der Waals surface area (Å²) in [6, 6.07) is 12.2. The zero-order valence-corrected chi connectivity index (χ0v) is 12.2. The number of hydrogen-bond acceptors (Lipinski definition) is 2. The average molecular weight is 316 g/mol. The van der Waals surface area contributed by atoms with E-state index in [-0.39, 0.29) is 4.83 Å². The van der Waals surface area contributed by atoms with Crippen molar-refractivity contribution in [3.8, 4) is 0 Å². The lowest BCUT2D eigenvalue weighted by molar-refractivity contribution is 0.605. The highest BCUT2D eigenvalue weighted by Crippen LogP contribution is 2.41. The third-order valence-electron chi connectivity index (χ3n) is 3.48. The van der Waals surface area contributed by atoms with Gasteiger partial charge in [-0.15, -0.1) is 0 Å². The maximum absolute atomic E-state index is 5.61. The van der Waals surface area contributed by atoms with Crippen LogP contribution < -0.4 is 0 Å². The Kier molecular flexibility index (Phi) is 3.38. The van der Waals surface area contributed by atoms with Crippen LogP contribution in [0.25, 0.3) is 11.0 Å². The highest BCUT2D eigenvalue weighted by Gasteiger charge is 2.21. The van der Waals surface area contributed by atoms with Crippen molar-refractivity contribution in [2.45, 2.75) is 17.7 Å². The second-order valence-corrected chi connectivity index (χ2v) is 5.64. The third-order valence-corrected chi connectivity index (χ3v) is 4.77. The fraction of sp³-hybridized carbons (Fsp3) is 0.188. The fourth-order valence-electron chi connectivity index (χ4n) is 2.32. The van der Waals surface area contributed by atoms with Gasteiger partial charge in [0, 0.05) is 28.2 Å². The zero-order valence-electron chi connectivity index (χ0n) is 10.6. The molecule has 0 radical (unpaired) electrons. The Morgan fingerprint density at radius 2 is 1.84 bits per heavy atom. The van der Waals surface area contributed by atoms with Gasteiger partial charge in [-0.2, -0.15) is 0 Å². The van der Waals surface area contributed by atoms with Crippen LogP contribution in [-0.2, 0) is 0 Å². The first kappa shape index (κ1) is 12.4. The van der Waals surface area contributed by atoms with Crippen LogP contribution in [0.2, 0.25) is 0 Å². The molecule has 96 valence electrons. The molecule has 0 saturated carbocycles. The molecule has 3 heteroatoms. The van der Waals surface area contributed by atoms with Crippen molar-refractivity contribution in [3.05, 3.63) is 66.2 Å². The molecule has 2 nitrogen and oxygen atoms in total. The van der Waals surface area contributed by atoms with E-state index in [0.29, 0.717) is 5.92 Å². The summed E-state index contributed by atoms with van der Waals surface area (Å²) in [5.41, 5.74) is 3.39. The Labute approximate surface area is 120 Å². The van der Waals surface area contributed by atoms with Crippen molar-refractivity contribution < 1.29 is 4.42 Å². The third kappa shape index (κ3) is 2.30. The van der Waals surface area contributed by atoms with Gasteiger partial charge in [0.05, 0.1) is 6.26 Å². The Hall–Kier alpha value is -1.61. The summed E-state index contributed by atoms with van der Waals surface area (Å²) in [6.45, 7) is 2.20. The largest absolute Gasteiger partial charge is 0.464 e. The van der Waals surface area contributed by atoms with E-state index in [1.54, 1.807) is 0 Å². The summed E-state index contributed by atoms with van der Waals surface area (Å²) in [5, 5.41) is 1.17. The number of fused-ring (bicyclic) bond motifs is 1. The van der Waals surface area contributed by atoms with Crippen molar-refractivity contribution in [2.75, 3.05) is 0 Å². The van der Waals surface area contributed by atoms with E-state index < -0.39 is 0 Å². The number of pyridine rings is 1.